The van der Waals surface area contributed by atoms with Gasteiger partial charge in [-0.15, -0.1) is 11.3 Å². The van der Waals surface area contributed by atoms with Crippen molar-refractivity contribution in [1.29, 1.82) is 0 Å². The molecule has 0 aliphatic heterocycles. The molecule has 6 nitrogen and oxygen atoms in total. The van der Waals surface area contributed by atoms with Crippen LogP contribution < -0.4 is 5.32 Å². The highest BCUT2D eigenvalue weighted by molar-refractivity contribution is 7.14. The van der Waals surface area contributed by atoms with E-state index < -0.39 is 0 Å². The van der Waals surface area contributed by atoms with E-state index in [0.717, 1.165) is 33.9 Å². The number of allylic oxidation sites excluding steroid dienone is 2. The minimum absolute atomic E-state index is 0.661. The van der Waals surface area contributed by atoms with Crippen LogP contribution in [0.3, 0.4) is 0 Å². The summed E-state index contributed by atoms with van der Waals surface area (Å²) in [7, 11) is 1.79. The molecule has 0 aliphatic rings. The second-order valence-corrected chi connectivity index (χ2v) is 7.57. The lowest BCUT2D eigenvalue weighted by Gasteiger charge is -2.09. The quantitative estimate of drug-likeness (QED) is 0.459. The van der Waals surface area contributed by atoms with E-state index >= 15 is 0 Å². The van der Waals surface area contributed by atoms with Gasteiger partial charge < -0.3 is 5.32 Å². The van der Waals surface area contributed by atoms with Crippen molar-refractivity contribution in [2.24, 2.45) is 4.99 Å². The first kappa shape index (κ1) is 19.8. The molecule has 3 rings (SSSR count). The second kappa shape index (κ2) is 9.32. The highest BCUT2D eigenvalue weighted by atomic mass is 32.1. The van der Waals surface area contributed by atoms with Crippen molar-refractivity contribution in [2.75, 3.05) is 18.9 Å². The van der Waals surface area contributed by atoms with E-state index in [9.17, 15) is 0 Å². The Morgan fingerprint density at radius 3 is 2.75 bits per heavy atom. The minimum Gasteiger partial charge on any atom is -0.365 e. The van der Waals surface area contributed by atoms with Crippen molar-refractivity contribution < 1.29 is 0 Å². The van der Waals surface area contributed by atoms with Crippen LogP contribution in [0.1, 0.15) is 25.1 Å². The molecule has 28 heavy (non-hydrogen) atoms. The van der Waals surface area contributed by atoms with Gasteiger partial charge >= 0.3 is 0 Å². The summed E-state index contributed by atoms with van der Waals surface area (Å²) in [4.78, 5) is 23.0. The van der Waals surface area contributed by atoms with Crippen LogP contribution in [0.25, 0.3) is 21.6 Å². The normalized spacial score (nSPS) is 12.9. The SMILES string of the molecule is CC/C=C(/C=C\C(C)=NC)CNc1ncnc2ncc(-c3ncc(C)s3)cc12. The van der Waals surface area contributed by atoms with Gasteiger partial charge in [-0.2, -0.15) is 0 Å². The van der Waals surface area contributed by atoms with Gasteiger partial charge in [-0.1, -0.05) is 19.1 Å². The molecule has 0 bridgehead atoms. The zero-order valence-electron chi connectivity index (χ0n) is 16.6. The fourth-order valence-corrected chi connectivity index (χ4v) is 3.39. The average molecular weight is 393 g/mol. The van der Waals surface area contributed by atoms with E-state index in [4.69, 9.17) is 0 Å². The number of pyridine rings is 1. The topological polar surface area (TPSA) is 76.0 Å². The smallest absolute Gasteiger partial charge is 0.164 e. The third kappa shape index (κ3) is 4.86. The summed E-state index contributed by atoms with van der Waals surface area (Å²) in [6, 6.07) is 2.05. The molecule has 0 aliphatic carbocycles. The Morgan fingerprint density at radius 1 is 1.18 bits per heavy atom. The van der Waals surface area contributed by atoms with Crippen LogP contribution >= 0.6 is 11.3 Å². The molecule has 0 aromatic carbocycles. The summed E-state index contributed by atoms with van der Waals surface area (Å²) in [5.74, 6) is 0.768. The number of nitrogens with zero attached hydrogens (tertiary/aromatic N) is 5. The Bertz CT molecular complexity index is 1050. The van der Waals surface area contributed by atoms with Crippen molar-refractivity contribution in [1.82, 2.24) is 19.9 Å². The molecular weight excluding hydrogens is 368 g/mol. The van der Waals surface area contributed by atoms with Crippen molar-refractivity contribution in [3.63, 3.8) is 0 Å². The van der Waals surface area contributed by atoms with E-state index in [1.807, 2.05) is 32.3 Å². The number of aromatic nitrogens is 4. The summed E-state index contributed by atoms with van der Waals surface area (Å²) in [5.41, 5.74) is 3.81. The molecule has 0 fully saturated rings. The van der Waals surface area contributed by atoms with Gasteiger partial charge in [0.25, 0.3) is 0 Å². The van der Waals surface area contributed by atoms with E-state index in [2.05, 4.69) is 55.4 Å². The van der Waals surface area contributed by atoms with Crippen molar-refractivity contribution in [3.05, 3.63) is 53.5 Å². The van der Waals surface area contributed by atoms with Crippen LogP contribution in [0.4, 0.5) is 5.82 Å². The number of fused-ring (bicyclic) bond motifs is 1. The average Bonchev–Trinajstić information content (AvgIpc) is 3.15. The van der Waals surface area contributed by atoms with Crippen LogP contribution in [0.5, 0.6) is 0 Å². The summed E-state index contributed by atoms with van der Waals surface area (Å²) in [5, 5.41) is 5.27. The predicted molar refractivity (Wildman–Crippen MR) is 118 cm³/mol. The number of aliphatic imine (C=N–C) groups is 1. The molecule has 3 heterocycles. The number of thiazole rings is 1. The molecule has 0 saturated heterocycles. The van der Waals surface area contributed by atoms with Crippen molar-refractivity contribution >= 4 is 33.9 Å². The standard InChI is InChI=1S/C21H24N6S/c1-5-6-16(8-7-14(2)22-4)11-23-19-18-9-17(21-25-10-15(3)28-21)12-24-20(18)27-13-26-19/h6-10,12-13H,5,11H2,1-4H3,(H,23,24,26,27)/b8-7-,16-6-,22-14?. The molecule has 0 saturated carbocycles. The molecule has 0 atom stereocenters. The van der Waals surface area contributed by atoms with Crippen molar-refractivity contribution in [3.8, 4) is 10.6 Å². The van der Waals surface area contributed by atoms with Crippen molar-refractivity contribution in [2.45, 2.75) is 27.2 Å². The van der Waals surface area contributed by atoms with Crippen LogP contribution in [0.2, 0.25) is 0 Å². The lowest BCUT2D eigenvalue weighted by atomic mass is 10.1. The Kier molecular flexibility index (Phi) is 6.60. The summed E-state index contributed by atoms with van der Waals surface area (Å²) < 4.78 is 0. The molecule has 3 aromatic heterocycles. The molecule has 0 radical (unpaired) electrons. The van der Waals surface area contributed by atoms with E-state index in [1.165, 1.54) is 16.8 Å². The third-order valence-corrected chi connectivity index (χ3v) is 5.14. The van der Waals surface area contributed by atoms with Crippen LogP contribution in [-0.4, -0.2) is 39.2 Å². The van der Waals surface area contributed by atoms with Gasteiger partial charge in [-0.3, -0.25) is 4.99 Å². The number of rotatable bonds is 7. The van der Waals surface area contributed by atoms with E-state index in [-0.39, 0.29) is 0 Å². The minimum atomic E-state index is 0.661. The maximum absolute atomic E-state index is 4.49. The number of aryl methyl sites for hydroxylation is 1. The molecule has 0 spiro atoms. The summed E-state index contributed by atoms with van der Waals surface area (Å²) in [6.45, 7) is 6.82. The highest BCUT2D eigenvalue weighted by Crippen LogP contribution is 2.28. The zero-order valence-corrected chi connectivity index (χ0v) is 17.4. The maximum atomic E-state index is 4.49. The fraction of sp³-hybridized carbons (Fsp3) is 0.286. The monoisotopic (exact) mass is 392 g/mol. The third-order valence-electron chi connectivity index (χ3n) is 4.17. The van der Waals surface area contributed by atoms with Gasteiger partial charge in [-0.25, -0.2) is 19.9 Å². The second-order valence-electron chi connectivity index (χ2n) is 6.33. The molecule has 1 N–H and O–H groups in total. The summed E-state index contributed by atoms with van der Waals surface area (Å²) in [6.07, 6.45) is 12.5. The van der Waals surface area contributed by atoms with Gasteiger partial charge in [0, 0.05) is 42.1 Å². The Balaban J connectivity index is 1.87. The number of nitrogens with one attached hydrogen (secondary N) is 1. The molecule has 144 valence electrons. The van der Waals surface area contributed by atoms with E-state index in [0.29, 0.717) is 12.2 Å². The lowest BCUT2D eigenvalue weighted by Crippen LogP contribution is -2.07. The highest BCUT2D eigenvalue weighted by Gasteiger charge is 2.09. The van der Waals surface area contributed by atoms with Gasteiger partial charge in [0.1, 0.15) is 17.2 Å². The number of anilines is 1. The van der Waals surface area contributed by atoms with Crippen LogP contribution in [0.15, 0.2) is 53.6 Å². The molecular formula is C21H24N6S. The maximum Gasteiger partial charge on any atom is 0.164 e. The Labute approximate surface area is 169 Å². The zero-order chi connectivity index (χ0) is 19.9. The first-order valence-electron chi connectivity index (χ1n) is 9.18. The lowest BCUT2D eigenvalue weighted by molar-refractivity contribution is 1.12. The fourth-order valence-electron chi connectivity index (χ4n) is 2.64. The molecule has 0 unspecified atom stereocenters. The van der Waals surface area contributed by atoms with Gasteiger partial charge in [0.15, 0.2) is 5.65 Å². The predicted octanol–water partition coefficient (Wildman–Crippen LogP) is 4.85. The molecule has 0 amide bonds. The Hall–Kier alpha value is -2.93. The Morgan fingerprint density at radius 2 is 2.04 bits per heavy atom. The number of hydrogen-bond acceptors (Lipinski definition) is 7. The largest absolute Gasteiger partial charge is 0.365 e. The van der Waals surface area contributed by atoms with Gasteiger partial charge in [0.2, 0.25) is 0 Å². The summed E-state index contributed by atoms with van der Waals surface area (Å²) >= 11 is 1.65. The van der Waals surface area contributed by atoms with Gasteiger partial charge in [-0.05, 0) is 38.0 Å². The van der Waals surface area contributed by atoms with Gasteiger partial charge in [0.05, 0.1) is 5.39 Å². The molecule has 7 heteroatoms. The first-order valence-corrected chi connectivity index (χ1v) is 10.00. The van der Waals surface area contributed by atoms with Crippen LogP contribution in [-0.2, 0) is 0 Å². The van der Waals surface area contributed by atoms with E-state index in [1.54, 1.807) is 18.4 Å². The first-order chi connectivity index (χ1) is 13.6. The van der Waals surface area contributed by atoms with Crippen LogP contribution in [0, 0.1) is 6.92 Å². The molecule has 3 aromatic rings. The number of hydrogen-bond donors (Lipinski definition) is 1.